The summed E-state index contributed by atoms with van der Waals surface area (Å²) in [5.74, 6) is -1.74. The molecule has 43 heavy (non-hydrogen) atoms. The minimum atomic E-state index is -3.13. The Hall–Kier alpha value is -3.24. The van der Waals surface area contributed by atoms with Gasteiger partial charge >= 0.3 is 12.6 Å². The lowest BCUT2D eigenvalue weighted by molar-refractivity contribution is -0.164. The molecule has 3 heterocycles. The number of anilines is 1. The molecule has 0 aromatic heterocycles. The van der Waals surface area contributed by atoms with Gasteiger partial charge in [0.2, 0.25) is 0 Å². The lowest BCUT2D eigenvalue weighted by Crippen LogP contribution is -2.51. The van der Waals surface area contributed by atoms with E-state index in [1.165, 1.54) is 24.3 Å². The molecule has 3 fully saturated rings. The van der Waals surface area contributed by atoms with E-state index < -0.39 is 29.9 Å². The summed E-state index contributed by atoms with van der Waals surface area (Å²) >= 11 is 6.57. The van der Waals surface area contributed by atoms with E-state index in [1.807, 2.05) is 0 Å². The van der Waals surface area contributed by atoms with E-state index in [1.54, 1.807) is 38.0 Å². The van der Waals surface area contributed by atoms with Crippen molar-refractivity contribution in [1.29, 1.82) is 0 Å². The minimum absolute atomic E-state index is 0.0189. The average Bonchev–Trinajstić information content (AvgIpc) is 3.65. The summed E-state index contributed by atoms with van der Waals surface area (Å²) in [6.07, 6.45) is 4.17. The lowest BCUT2D eigenvalue weighted by atomic mass is 9.86. The minimum Gasteiger partial charge on any atom is -0.478 e. The predicted octanol–water partition coefficient (Wildman–Crippen LogP) is 7.55. The van der Waals surface area contributed by atoms with Crippen molar-refractivity contribution in [3.63, 3.8) is 0 Å². The van der Waals surface area contributed by atoms with Gasteiger partial charge in [-0.15, -0.1) is 5.06 Å². The van der Waals surface area contributed by atoms with Crippen molar-refractivity contribution < 1.29 is 37.4 Å². The number of fused-ring (bicyclic) bond motifs is 2. The van der Waals surface area contributed by atoms with Gasteiger partial charge in [0, 0.05) is 39.6 Å². The van der Waals surface area contributed by atoms with Gasteiger partial charge in [-0.25, -0.2) is 9.18 Å². The zero-order valence-corrected chi connectivity index (χ0v) is 24.9. The molecule has 6 rings (SSSR count). The highest BCUT2D eigenvalue weighted by Crippen LogP contribution is 2.54. The highest BCUT2D eigenvalue weighted by molar-refractivity contribution is 6.31. The van der Waals surface area contributed by atoms with Crippen LogP contribution in [0.25, 0.3) is 0 Å². The fraction of sp³-hybridized carbons (Fsp3) is 0.500. The Kier molecular flexibility index (Phi) is 7.65. The summed E-state index contributed by atoms with van der Waals surface area (Å²) in [6.45, 7) is 2.26. The fourth-order valence-electron chi connectivity index (χ4n) is 6.92. The first-order chi connectivity index (χ1) is 20.3. The van der Waals surface area contributed by atoms with Crippen molar-refractivity contribution in [1.82, 2.24) is 5.06 Å². The van der Waals surface area contributed by atoms with Crippen LogP contribution in [0.1, 0.15) is 81.3 Å². The van der Waals surface area contributed by atoms with Crippen LogP contribution >= 0.6 is 11.6 Å². The van der Waals surface area contributed by atoms with Gasteiger partial charge in [-0.3, -0.25) is 4.79 Å². The van der Waals surface area contributed by atoms with Crippen molar-refractivity contribution in [2.75, 3.05) is 4.90 Å². The Labute approximate surface area is 253 Å². The lowest BCUT2D eigenvalue weighted by Gasteiger charge is -2.44. The third kappa shape index (κ3) is 5.48. The maximum atomic E-state index is 15.5. The topological polar surface area (TPSA) is 79.3 Å². The molecule has 230 valence electrons. The third-order valence-corrected chi connectivity index (χ3v) is 9.24. The van der Waals surface area contributed by atoms with Crippen LogP contribution in [0.4, 0.5) is 18.9 Å². The number of piperidine rings is 1. The van der Waals surface area contributed by atoms with E-state index in [9.17, 15) is 23.5 Å². The number of hydroxylamine groups is 2. The van der Waals surface area contributed by atoms with E-state index in [4.69, 9.17) is 21.2 Å². The largest absolute Gasteiger partial charge is 0.478 e. The van der Waals surface area contributed by atoms with E-state index in [0.29, 0.717) is 29.9 Å². The molecular weight excluding hydrogens is 585 g/mol. The van der Waals surface area contributed by atoms with Crippen molar-refractivity contribution in [3.8, 4) is 5.75 Å². The van der Waals surface area contributed by atoms with Crippen LogP contribution in [0.3, 0.4) is 0 Å². The molecule has 1 N–H and O–H groups in total. The van der Waals surface area contributed by atoms with Crippen LogP contribution in [0, 0.1) is 17.2 Å². The SMILES string of the molecule is CC(C)(C)C(=O)c1ccc(N2[C@@H]3CC[C@H]2CC(N2OC(C4CC4)=C(C(=O)O)[C@@H]2c2c(Cl)cccc2OC(F)F)C3)c(F)c1. The first kappa shape index (κ1) is 29.8. The van der Waals surface area contributed by atoms with Crippen molar-refractivity contribution in [2.45, 2.75) is 90.1 Å². The van der Waals surface area contributed by atoms with Gasteiger partial charge < -0.3 is 19.6 Å². The van der Waals surface area contributed by atoms with E-state index in [-0.39, 0.29) is 51.7 Å². The normalized spacial score (nSPS) is 25.8. The number of halogens is 4. The molecule has 7 nitrogen and oxygen atoms in total. The summed E-state index contributed by atoms with van der Waals surface area (Å²) in [4.78, 5) is 33.8. The summed E-state index contributed by atoms with van der Waals surface area (Å²) < 4.78 is 47.2. The van der Waals surface area contributed by atoms with E-state index in [0.717, 1.165) is 25.7 Å². The molecule has 11 heteroatoms. The van der Waals surface area contributed by atoms with Gasteiger partial charge in [0.25, 0.3) is 0 Å². The maximum Gasteiger partial charge on any atom is 0.387 e. The number of aliphatic carboxylic acids is 1. The van der Waals surface area contributed by atoms with Crippen LogP contribution in [0.2, 0.25) is 5.02 Å². The fourth-order valence-corrected chi connectivity index (χ4v) is 7.19. The molecule has 2 bridgehead atoms. The number of ether oxygens (including phenoxy) is 1. The number of alkyl halides is 2. The van der Waals surface area contributed by atoms with Gasteiger partial charge in [0.15, 0.2) is 5.78 Å². The summed E-state index contributed by atoms with van der Waals surface area (Å²) in [6, 6.07) is 7.47. The number of carbonyl (C=O) groups is 2. The van der Waals surface area contributed by atoms with E-state index >= 15 is 4.39 Å². The standard InChI is InChI=1S/C32H34ClF3N2O5/c1-32(2,3)29(39)17-9-12-23(22(34)13-17)37-18-10-11-19(37)15-20(14-18)38-27(26(30(40)41)28(43-38)16-7-8-16)25-21(33)5-4-6-24(25)42-31(35)36/h4-6,9,12-13,16,18-20,27,31H,7-8,10-11,14-15H2,1-3H3,(H,40,41)/t18-,19+,20?,27-/m0/s1. The summed E-state index contributed by atoms with van der Waals surface area (Å²) in [5, 5.41) is 12.1. The van der Waals surface area contributed by atoms with Crippen LogP contribution in [0.15, 0.2) is 47.7 Å². The van der Waals surface area contributed by atoms with Crippen LogP contribution in [-0.2, 0) is 9.63 Å². The second-order valence-electron chi connectivity index (χ2n) is 12.9. The van der Waals surface area contributed by atoms with Crippen LogP contribution < -0.4 is 9.64 Å². The number of allylic oxidation sites excluding steroid dienone is 1. The first-order valence-electron chi connectivity index (χ1n) is 14.6. The van der Waals surface area contributed by atoms with E-state index in [2.05, 4.69) is 4.90 Å². The smallest absolute Gasteiger partial charge is 0.387 e. The number of rotatable bonds is 8. The number of carboxylic acid groups (broad SMARTS) is 1. The number of hydrogen-bond donors (Lipinski definition) is 1. The quantitative estimate of drug-likeness (QED) is 0.306. The van der Waals surface area contributed by atoms with Gasteiger partial charge in [0.05, 0.1) is 11.7 Å². The van der Waals surface area contributed by atoms with Crippen LogP contribution in [0.5, 0.6) is 5.75 Å². The molecule has 4 atom stereocenters. The summed E-state index contributed by atoms with van der Waals surface area (Å²) in [5.41, 5.74) is 0.219. The van der Waals surface area contributed by atoms with Gasteiger partial charge in [0.1, 0.15) is 28.9 Å². The average molecular weight is 619 g/mol. The Morgan fingerprint density at radius 2 is 1.72 bits per heavy atom. The highest BCUT2D eigenvalue weighted by Gasteiger charge is 2.53. The molecule has 0 radical (unpaired) electrons. The Morgan fingerprint density at radius 3 is 2.28 bits per heavy atom. The van der Waals surface area contributed by atoms with Gasteiger partial charge in [-0.1, -0.05) is 38.4 Å². The molecule has 1 saturated carbocycles. The van der Waals surface area contributed by atoms with Crippen molar-refractivity contribution >= 4 is 29.0 Å². The number of carbonyl (C=O) groups excluding carboxylic acids is 1. The second-order valence-corrected chi connectivity index (χ2v) is 13.3. The maximum absolute atomic E-state index is 15.5. The summed E-state index contributed by atoms with van der Waals surface area (Å²) in [7, 11) is 0. The van der Waals surface area contributed by atoms with Gasteiger partial charge in [-0.05, 0) is 68.9 Å². The number of benzene rings is 2. The molecule has 2 aromatic carbocycles. The number of nitrogens with zero attached hydrogens (tertiary/aromatic N) is 2. The molecular formula is C32H34ClF3N2O5. The Bertz CT molecular complexity index is 1470. The Morgan fingerprint density at radius 1 is 1.05 bits per heavy atom. The van der Waals surface area contributed by atoms with Gasteiger partial charge in [-0.2, -0.15) is 8.78 Å². The molecule has 4 aliphatic rings. The molecule has 3 aliphatic heterocycles. The first-order valence-corrected chi connectivity index (χ1v) is 15.0. The molecule has 2 aromatic rings. The molecule has 1 aliphatic carbocycles. The molecule has 0 amide bonds. The zero-order chi connectivity index (χ0) is 30.8. The Balaban J connectivity index is 1.33. The molecule has 2 saturated heterocycles. The number of carboxylic acids is 1. The predicted molar refractivity (Wildman–Crippen MR) is 154 cm³/mol. The highest BCUT2D eigenvalue weighted by atomic mass is 35.5. The number of ketones is 1. The monoisotopic (exact) mass is 618 g/mol. The molecule has 1 unspecified atom stereocenters. The third-order valence-electron chi connectivity index (χ3n) is 8.92. The van der Waals surface area contributed by atoms with Crippen LogP contribution in [-0.4, -0.2) is 46.7 Å². The van der Waals surface area contributed by atoms with Crippen molar-refractivity contribution in [3.05, 3.63) is 69.7 Å². The van der Waals surface area contributed by atoms with Crippen molar-refractivity contribution in [2.24, 2.45) is 11.3 Å². The zero-order valence-electron chi connectivity index (χ0n) is 24.2. The number of hydrogen-bond acceptors (Lipinski definition) is 6. The number of Topliss-reactive ketones (excluding diaryl/α,β-unsaturated/α-hetero) is 1. The second kappa shape index (κ2) is 11.0. The molecule has 0 spiro atoms.